The van der Waals surface area contributed by atoms with Crippen molar-refractivity contribution in [3.63, 3.8) is 0 Å². The van der Waals surface area contributed by atoms with Gasteiger partial charge in [-0.1, -0.05) is 27.5 Å². The summed E-state index contributed by atoms with van der Waals surface area (Å²) in [5.74, 6) is -0.146. The number of ketones is 1. The summed E-state index contributed by atoms with van der Waals surface area (Å²) in [7, 11) is 0. The molecule has 0 aliphatic heterocycles. The third-order valence-electron chi connectivity index (χ3n) is 1.42. The molecule has 1 rings (SSSR count). The fraction of sp³-hybridized carbons (Fsp3) is 0.125. The highest BCUT2D eigenvalue weighted by Crippen LogP contribution is 2.21. The lowest BCUT2D eigenvalue weighted by Gasteiger charge is -2.00. The van der Waals surface area contributed by atoms with Crippen molar-refractivity contribution in [3.8, 4) is 0 Å². The summed E-state index contributed by atoms with van der Waals surface area (Å²) < 4.78 is 0.848. The molecular formula is C8H8BrCl2NO. The summed E-state index contributed by atoms with van der Waals surface area (Å²) in [6, 6.07) is 5.08. The Morgan fingerprint density at radius 1 is 1.54 bits per heavy atom. The van der Waals surface area contributed by atoms with Crippen LogP contribution in [0, 0.1) is 0 Å². The van der Waals surface area contributed by atoms with Gasteiger partial charge in [-0.2, -0.15) is 0 Å². The van der Waals surface area contributed by atoms with Crippen LogP contribution in [-0.2, 0) is 0 Å². The molecule has 0 unspecified atom stereocenters. The fourth-order valence-corrected chi connectivity index (χ4v) is 1.60. The van der Waals surface area contributed by atoms with Crippen molar-refractivity contribution in [2.45, 2.75) is 0 Å². The van der Waals surface area contributed by atoms with Crippen LogP contribution < -0.4 is 5.73 Å². The second-order valence-corrected chi connectivity index (χ2v) is 3.57. The van der Waals surface area contributed by atoms with Gasteiger partial charge in [0.2, 0.25) is 0 Å². The van der Waals surface area contributed by atoms with E-state index in [1.807, 2.05) is 0 Å². The number of hydrogen-bond donors (Lipinski definition) is 1. The lowest BCUT2D eigenvalue weighted by atomic mass is 10.1. The molecular weight excluding hydrogens is 277 g/mol. The maximum absolute atomic E-state index is 11.1. The van der Waals surface area contributed by atoms with Gasteiger partial charge in [-0.3, -0.25) is 4.79 Å². The molecule has 0 saturated carbocycles. The Bertz CT molecular complexity index is 317. The van der Waals surface area contributed by atoms with E-state index in [4.69, 9.17) is 17.3 Å². The monoisotopic (exact) mass is 283 g/mol. The molecule has 0 bridgehead atoms. The minimum atomic E-state index is -0.146. The number of hydrogen-bond acceptors (Lipinski definition) is 2. The maximum atomic E-state index is 11.1. The number of Topliss-reactive ketones (excluding diaryl/α,β-unsaturated/α-hetero) is 1. The van der Waals surface area contributed by atoms with Gasteiger partial charge >= 0.3 is 0 Å². The Kier molecular flexibility index (Phi) is 5.56. The van der Waals surface area contributed by atoms with E-state index < -0.39 is 0 Å². The number of rotatable bonds is 2. The highest BCUT2D eigenvalue weighted by atomic mass is 79.9. The zero-order chi connectivity index (χ0) is 9.14. The summed E-state index contributed by atoms with van der Waals surface area (Å²) in [6.45, 7) is -0.0125. The van der Waals surface area contributed by atoms with Gasteiger partial charge in [-0.15, -0.1) is 12.4 Å². The third kappa shape index (κ3) is 3.27. The van der Waals surface area contributed by atoms with Gasteiger partial charge in [0, 0.05) is 10.0 Å². The number of benzene rings is 1. The van der Waals surface area contributed by atoms with Crippen LogP contribution in [0.1, 0.15) is 10.4 Å². The minimum absolute atomic E-state index is 0. The Morgan fingerprint density at radius 3 is 2.62 bits per heavy atom. The van der Waals surface area contributed by atoms with Crippen LogP contribution in [0.25, 0.3) is 0 Å². The van der Waals surface area contributed by atoms with Gasteiger partial charge < -0.3 is 5.73 Å². The van der Waals surface area contributed by atoms with E-state index in [9.17, 15) is 4.79 Å². The molecule has 2 N–H and O–H groups in total. The Labute approximate surface area is 96.0 Å². The Hall–Kier alpha value is -0.0900. The molecule has 0 aromatic heterocycles. The van der Waals surface area contributed by atoms with Gasteiger partial charge in [-0.05, 0) is 18.2 Å². The summed E-state index contributed by atoms with van der Waals surface area (Å²) >= 11 is 9.04. The van der Waals surface area contributed by atoms with Crippen molar-refractivity contribution in [1.82, 2.24) is 0 Å². The topological polar surface area (TPSA) is 43.1 Å². The zero-order valence-corrected chi connectivity index (χ0v) is 9.75. The average Bonchev–Trinajstić information content (AvgIpc) is 2.03. The van der Waals surface area contributed by atoms with Gasteiger partial charge in [0.15, 0.2) is 5.78 Å². The second kappa shape index (κ2) is 5.60. The first-order chi connectivity index (χ1) is 5.65. The number of halogens is 3. The maximum Gasteiger partial charge on any atom is 0.177 e. The molecule has 0 fully saturated rings. The zero-order valence-electron chi connectivity index (χ0n) is 6.59. The normalized spacial score (nSPS) is 9.15. The highest BCUT2D eigenvalue weighted by molar-refractivity contribution is 9.10. The Morgan fingerprint density at radius 2 is 2.15 bits per heavy atom. The summed E-state index contributed by atoms with van der Waals surface area (Å²) in [4.78, 5) is 11.1. The van der Waals surface area contributed by atoms with Crippen LogP contribution in [0.4, 0.5) is 0 Å². The first kappa shape index (κ1) is 12.9. The van der Waals surface area contributed by atoms with E-state index in [0.717, 1.165) is 4.47 Å². The number of carbonyl (C=O) groups excluding carboxylic acids is 1. The first-order valence-corrected chi connectivity index (χ1v) is 4.50. The number of carbonyl (C=O) groups is 1. The van der Waals surface area contributed by atoms with E-state index in [-0.39, 0.29) is 24.7 Å². The summed E-state index contributed by atoms with van der Waals surface area (Å²) in [6.07, 6.45) is 0. The van der Waals surface area contributed by atoms with Gasteiger partial charge in [-0.25, -0.2) is 0 Å². The van der Waals surface area contributed by atoms with Crippen molar-refractivity contribution in [2.75, 3.05) is 6.54 Å². The molecule has 0 spiro atoms. The quantitative estimate of drug-likeness (QED) is 0.849. The molecule has 1 aromatic rings. The molecule has 13 heavy (non-hydrogen) atoms. The highest BCUT2D eigenvalue weighted by Gasteiger charge is 2.07. The third-order valence-corrected chi connectivity index (χ3v) is 2.22. The lowest BCUT2D eigenvalue weighted by Crippen LogP contribution is -2.13. The predicted octanol–water partition coefficient (Wildman–Crippen LogP) is 2.67. The molecule has 0 saturated heterocycles. The lowest BCUT2D eigenvalue weighted by molar-refractivity contribution is 0.100. The van der Waals surface area contributed by atoms with Gasteiger partial charge in [0.25, 0.3) is 0 Å². The summed E-state index contributed by atoms with van der Waals surface area (Å²) in [5.41, 5.74) is 5.67. The average molecular weight is 285 g/mol. The number of nitrogens with two attached hydrogens (primary N) is 1. The van der Waals surface area contributed by atoms with Crippen molar-refractivity contribution in [2.24, 2.45) is 5.73 Å². The van der Waals surface area contributed by atoms with Crippen molar-refractivity contribution < 1.29 is 4.79 Å². The van der Waals surface area contributed by atoms with Crippen molar-refractivity contribution >= 4 is 45.7 Å². The molecule has 0 aliphatic rings. The van der Waals surface area contributed by atoms with Crippen molar-refractivity contribution in [1.29, 1.82) is 0 Å². The molecule has 0 aliphatic carbocycles. The largest absolute Gasteiger partial charge is 0.324 e. The molecule has 0 amide bonds. The van der Waals surface area contributed by atoms with Gasteiger partial charge in [0.1, 0.15) is 0 Å². The SMILES string of the molecule is Cl.NCC(=O)c1ccc(Br)cc1Cl. The van der Waals surface area contributed by atoms with Gasteiger partial charge in [0.05, 0.1) is 11.6 Å². The molecule has 2 nitrogen and oxygen atoms in total. The molecule has 0 heterocycles. The van der Waals surface area contributed by atoms with Crippen LogP contribution >= 0.6 is 39.9 Å². The van der Waals surface area contributed by atoms with E-state index in [2.05, 4.69) is 15.9 Å². The molecule has 0 radical (unpaired) electrons. The first-order valence-electron chi connectivity index (χ1n) is 3.33. The van der Waals surface area contributed by atoms with Crippen LogP contribution in [-0.4, -0.2) is 12.3 Å². The molecule has 1 aromatic carbocycles. The van der Waals surface area contributed by atoms with Crippen LogP contribution in [0.2, 0.25) is 5.02 Å². The molecule has 5 heteroatoms. The molecule has 72 valence electrons. The van der Waals surface area contributed by atoms with E-state index in [1.54, 1.807) is 18.2 Å². The second-order valence-electron chi connectivity index (χ2n) is 2.25. The molecule has 0 atom stereocenters. The van der Waals surface area contributed by atoms with Crippen LogP contribution in [0.15, 0.2) is 22.7 Å². The van der Waals surface area contributed by atoms with E-state index in [0.29, 0.717) is 10.6 Å². The fourth-order valence-electron chi connectivity index (χ4n) is 0.826. The van der Waals surface area contributed by atoms with Crippen LogP contribution in [0.3, 0.4) is 0 Å². The van der Waals surface area contributed by atoms with Crippen molar-refractivity contribution in [3.05, 3.63) is 33.3 Å². The van der Waals surface area contributed by atoms with Crippen LogP contribution in [0.5, 0.6) is 0 Å². The predicted molar refractivity (Wildman–Crippen MR) is 59.8 cm³/mol. The summed E-state index contributed by atoms with van der Waals surface area (Å²) in [5, 5.41) is 0.430. The standard InChI is InChI=1S/C8H7BrClNO.ClH/c9-5-1-2-6(7(10)3-5)8(12)4-11;/h1-3H,4,11H2;1H. The smallest absolute Gasteiger partial charge is 0.177 e. The Balaban J connectivity index is 0.00000144. The van der Waals surface area contributed by atoms with E-state index >= 15 is 0 Å². The van der Waals surface area contributed by atoms with E-state index in [1.165, 1.54) is 0 Å². The minimum Gasteiger partial charge on any atom is -0.324 e.